The Morgan fingerprint density at radius 3 is 2.67 bits per heavy atom. The van der Waals surface area contributed by atoms with Crippen molar-refractivity contribution in [3.63, 3.8) is 0 Å². The first kappa shape index (κ1) is 11.0. The van der Waals surface area contributed by atoms with Crippen molar-refractivity contribution in [2.24, 2.45) is 0 Å². The number of hydrogen-bond acceptors (Lipinski definition) is 4. The first-order valence-electron chi connectivity index (χ1n) is 5.50. The number of nitrogens with zero attached hydrogens (tertiary/aromatic N) is 1. The Bertz CT molecular complexity index is 672. The average Bonchev–Trinajstić information content (AvgIpc) is 2.76. The van der Waals surface area contributed by atoms with Gasteiger partial charge in [0.05, 0.1) is 10.7 Å². The van der Waals surface area contributed by atoms with Crippen LogP contribution in [0.25, 0.3) is 10.9 Å². The van der Waals surface area contributed by atoms with Crippen molar-refractivity contribution in [3.05, 3.63) is 42.5 Å². The van der Waals surface area contributed by atoms with Gasteiger partial charge in [-0.25, -0.2) is 4.98 Å². The Kier molecular flexibility index (Phi) is 2.60. The van der Waals surface area contributed by atoms with Gasteiger partial charge in [0.2, 0.25) is 0 Å². The summed E-state index contributed by atoms with van der Waals surface area (Å²) < 4.78 is 0. The van der Waals surface area contributed by atoms with Gasteiger partial charge in [0.15, 0.2) is 0 Å². The maximum Gasteiger partial charge on any atom is 0.147 e. The van der Waals surface area contributed by atoms with Crippen molar-refractivity contribution in [2.45, 2.75) is 10.1 Å². The molecule has 5 heteroatoms. The van der Waals surface area contributed by atoms with E-state index in [9.17, 15) is 0 Å². The van der Waals surface area contributed by atoms with Crippen molar-refractivity contribution in [3.8, 4) is 0 Å². The average molecular weight is 256 g/mol. The van der Waals surface area contributed by atoms with E-state index < -0.39 is 0 Å². The monoisotopic (exact) mass is 256 g/mol. The van der Waals surface area contributed by atoms with Gasteiger partial charge in [0, 0.05) is 10.9 Å². The molecule has 4 nitrogen and oxygen atoms in total. The zero-order valence-corrected chi connectivity index (χ0v) is 10.4. The molecular weight excluding hydrogens is 244 g/mol. The van der Waals surface area contributed by atoms with Crippen LogP contribution in [0.3, 0.4) is 0 Å². The molecule has 0 aliphatic rings. The molecule has 2 aromatic heterocycles. The van der Waals surface area contributed by atoms with E-state index >= 15 is 0 Å². The number of para-hydroxylation sites is 1. The van der Waals surface area contributed by atoms with Crippen molar-refractivity contribution in [1.29, 1.82) is 0 Å². The highest BCUT2D eigenvalue weighted by atomic mass is 32.2. The number of benzene rings is 1. The van der Waals surface area contributed by atoms with E-state index in [0.717, 1.165) is 15.6 Å². The number of H-pyrrole nitrogens is 1. The number of aromatic nitrogens is 2. The summed E-state index contributed by atoms with van der Waals surface area (Å²) in [6.07, 6.45) is 0. The SMILES string of the molecule is Nc1ccc(Sc2cc3ccccc3[nH]2)nc1N. The summed E-state index contributed by atoms with van der Waals surface area (Å²) in [5.41, 5.74) is 13.0. The molecule has 1 aromatic carbocycles. The van der Waals surface area contributed by atoms with Gasteiger partial charge in [-0.2, -0.15) is 0 Å². The highest BCUT2D eigenvalue weighted by molar-refractivity contribution is 7.99. The summed E-state index contributed by atoms with van der Waals surface area (Å²) in [7, 11) is 0. The molecule has 0 amide bonds. The predicted octanol–water partition coefficient (Wildman–Crippen LogP) is 2.88. The lowest BCUT2D eigenvalue weighted by Gasteiger charge is -2.01. The Hall–Kier alpha value is -2.14. The van der Waals surface area contributed by atoms with Gasteiger partial charge < -0.3 is 16.5 Å². The highest BCUT2D eigenvalue weighted by Crippen LogP contribution is 2.29. The molecule has 3 aromatic rings. The smallest absolute Gasteiger partial charge is 0.147 e. The van der Waals surface area contributed by atoms with Crippen molar-refractivity contribution >= 4 is 34.2 Å². The van der Waals surface area contributed by atoms with E-state index in [1.54, 1.807) is 6.07 Å². The first-order chi connectivity index (χ1) is 8.72. The van der Waals surface area contributed by atoms with Crippen LogP contribution in [-0.4, -0.2) is 9.97 Å². The third-order valence-corrected chi connectivity index (χ3v) is 3.53. The predicted molar refractivity (Wildman–Crippen MR) is 75.5 cm³/mol. The topological polar surface area (TPSA) is 80.7 Å². The van der Waals surface area contributed by atoms with Crippen LogP contribution in [0.1, 0.15) is 0 Å². The van der Waals surface area contributed by atoms with Crippen LogP contribution in [0.5, 0.6) is 0 Å². The first-order valence-corrected chi connectivity index (χ1v) is 6.31. The van der Waals surface area contributed by atoms with E-state index in [2.05, 4.69) is 22.1 Å². The molecule has 0 aliphatic heterocycles. The second-order valence-corrected chi connectivity index (χ2v) is 5.01. The van der Waals surface area contributed by atoms with E-state index in [-0.39, 0.29) is 0 Å². The fourth-order valence-corrected chi connectivity index (χ4v) is 2.59. The summed E-state index contributed by atoms with van der Waals surface area (Å²) in [6, 6.07) is 13.9. The standard InChI is InChI=1S/C13H12N4S/c14-9-5-6-11(17-13(9)15)18-12-7-8-3-1-2-4-10(8)16-12/h1-7,16H,14H2,(H2,15,17). The zero-order chi connectivity index (χ0) is 12.5. The van der Waals surface area contributed by atoms with Gasteiger partial charge in [-0.05, 0) is 24.3 Å². The minimum atomic E-state index is 0.371. The van der Waals surface area contributed by atoms with Crippen molar-refractivity contribution < 1.29 is 0 Å². The summed E-state index contributed by atoms with van der Waals surface area (Å²) >= 11 is 1.53. The van der Waals surface area contributed by atoms with E-state index in [1.165, 1.54) is 17.1 Å². The number of fused-ring (bicyclic) bond motifs is 1. The maximum atomic E-state index is 5.69. The summed E-state index contributed by atoms with van der Waals surface area (Å²) in [4.78, 5) is 7.56. The fraction of sp³-hybridized carbons (Fsp3) is 0. The molecule has 0 radical (unpaired) electrons. The second-order valence-electron chi connectivity index (χ2n) is 3.95. The lowest BCUT2D eigenvalue weighted by molar-refractivity contribution is 1.13. The number of nitrogens with two attached hydrogens (primary N) is 2. The van der Waals surface area contributed by atoms with Crippen molar-refractivity contribution in [2.75, 3.05) is 11.5 Å². The van der Waals surface area contributed by atoms with Gasteiger partial charge >= 0.3 is 0 Å². The summed E-state index contributed by atoms with van der Waals surface area (Å²) in [6.45, 7) is 0. The number of rotatable bonds is 2. The zero-order valence-electron chi connectivity index (χ0n) is 9.55. The number of anilines is 2. The molecule has 0 bridgehead atoms. The third kappa shape index (κ3) is 2.00. The molecule has 90 valence electrons. The van der Waals surface area contributed by atoms with Crippen LogP contribution < -0.4 is 11.5 Å². The summed E-state index contributed by atoms with van der Waals surface area (Å²) in [5.74, 6) is 0.371. The Balaban J connectivity index is 1.93. The van der Waals surface area contributed by atoms with Crippen LogP contribution in [0.4, 0.5) is 11.5 Å². The minimum absolute atomic E-state index is 0.371. The highest BCUT2D eigenvalue weighted by Gasteiger charge is 2.05. The minimum Gasteiger partial charge on any atom is -0.396 e. The Morgan fingerprint density at radius 1 is 1.06 bits per heavy atom. The molecule has 2 heterocycles. The Labute approximate surface area is 108 Å². The molecule has 3 rings (SSSR count). The maximum absolute atomic E-state index is 5.69. The molecule has 18 heavy (non-hydrogen) atoms. The number of pyridine rings is 1. The third-order valence-electron chi connectivity index (χ3n) is 2.65. The van der Waals surface area contributed by atoms with Crippen LogP contribution in [0.15, 0.2) is 52.5 Å². The van der Waals surface area contributed by atoms with Gasteiger partial charge in [-0.3, -0.25) is 0 Å². The molecule has 0 fully saturated rings. The number of nitrogens with one attached hydrogen (secondary N) is 1. The van der Waals surface area contributed by atoms with Gasteiger partial charge in [-0.15, -0.1) is 0 Å². The second kappa shape index (κ2) is 4.27. The van der Waals surface area contributed by atoms with Crippen LogP contribution >= 0.6 is 11.8 Å². The molecule has 0 atom stereocenters. The number of hydrogen-bond donors (Lipinski definition) is 3. The normalized spacial score (nSPS) is 10.9. The molecule has 0 aliphatic carbocycles. The van der Waals surface area contributed by atoms with Gasteiger partial charge in [-0.1, -0.05) is 30.0 Å². The van der Waals surface area contributed by atoms with Gasteiger partial charge in [0.1, 0.15) is 10.8 Å². The fourth-order valence-electron chi connectivity index (χ4n) is 1.74. The Morgan fingerprint density at radius 2 is 1.89 bits per heavy atom. The number of aromatic amines is 1. The molecule has 5 N–H and O–H groups in total. The van der Waals surface area contributed by atoms with Crippen LogP contribution in [0, 0.1) is 0 Å². The molecular formula is C13H12N4S. The summed E-state index contributed by atoms with van der Waals surface area (Å²) in [5, 5.41) is 3.05. The largest absolute Gasteiger partial charge is 0.396 e. The molecule has 0 unspecified atom stereocenters. The van der Waals surface area contributed by atoms with E-state index in [4.69, 9.17) is 11.5 Å². The molecule has 0 saturated heterocycles. The lowest BCUT2D eigenvalue weighted by Crippen LogP contribution is -1.97. The molecule has 0 saturated carbocycles. The molecule has 0 spiro atoms. The van der Waals surface area contributed by atoms with Crippen LogP contribution in [0.2, 0.25) is 0 Å². The lowest BCUT2D eigenvalue weighted by atomic mass is 10.3. The van der Waals surface area contributed by atoms with Crippen molar-refractivity contribution in [1.82, 2.24) is 9.97 Å². The number of nitrogen functional groups attached to an aromatic ring is 2. The quantitative estimate of drug-likeness (QED) is 0.658. The van der Waals surface area contributed by atoms with E-state index in [0.29, 0.717) is 11.5 Å². The van der Waals surface area contributed by atoms with Crippen LogP contribution in [-0.2, 0) is 0 Å². The van der Waals surface area contributed by atoms with E-state index in [1.807, 2.05) is 24.3 Å². The van der Waals surface area contributed by atoms with Gasteiger partial charge in [0.25, 0.3) is 0 Å².